The SMILES string of the molecule is O=c1nc2c(cn1C1CCNCC1)Oc1ccc(CCc3cccc(F)c3)cc1N2. The van der Waals surface area contributed by atoms with Crippen LogP contribution < -0.4 is 21.1 Å². The highest BCUT2D eigenvalue weighted by molar-refractivity contribution is 5.72. The highest BCUT2D eigenvalue weighted by Gasteiger charge is 2.23. The van der Waals surface area contributed by atoms with Gasteiger partial charge < -0.3 is 15.4 Å². The van der Waals surface area contributed by atoms with E-state index in [0.29, 0.717) is 17.3 Å². The van der Waals surface area contributed by atoms with Gasteiger partial charge in [-0.05, 0) is 74.2 Å². The Morgan fingerprint density at radius 2 is 1.87 bits per heavy atom. The van der Waals surface area contributed by atoms with Gasteiger partial charge in [0.05, 0.1) is 11.9 Å². The molecule has 1 saturated heterocycles. The smallest absolute Gasteiger partial charge is 0.350 e. The molecule has 5 rings (SSSR count). The third kappa shape index (κ3) is 3.80. The van der Waals surface area contributed by atoms with Gasteiger partial charge >= 0.3 is 5.69 Å². The molecule has 6 nitrogen and oxygen atoms in total. The third-order valence-electron chi connectivity index (χ3n) is 5.73. The van der Waals surface area contributed by atoms with Gasteiger partial charge in [-0.3, -0.25) is 4.57 Å². The maximum atomic E-state index is 13.4. The van der Waals surface area contributed by atoms with Crippen LogP contribution in [0.3, 0.4) is 0 Å². The van der Waals surface area contributed by atoms with E-state index in [9.17, 15) is 9.18 Å². The van der Waals surface area contributed by atoms with Crippen molar-refractivity contribution in [2.24, 2.45) is 0 Å². The molecule has 2 aliphatic heterocycles. The van der Waals surface area contributed by atoms with Crippen LogP contribution in [0.2, 0.25) is 0 Å². The van der Waals surface area contributed by atoms with E-state index in [1.54, 1.807) is 22.9 Å². The molecule has 3 aromatic rings. The Kier molecular flexibility index (Phi) is 4.96. The molecule has 0 bridgehead atoms. The van der Waals surface area contributed by atoms with E-state index < -0.39 is 0 Å². The first-order valence-electron chi connectivity index (χ1n) is 10.3. The number of hydrogen-bond acceptors (Lipinski definition) is 5. The summed E-state index contributed by atoms with van der Waals surface area (Å²) in [5.41, 5.74) is 2.58. The van der Waals surface area contributed by atoms with E-state index in [1.807, 2.05) is 24.3 Å². The van der Waals surface area contributed by atoms with Crippen molar-refractivity contribution in [2.75, 3.05) is 18.4 Å². The topological polar surface area (TPSA) is 68.2 Å². The Bertz CT molecular complexity index is 1140. The molecule has 30 heavy (non-hydrogen) atoms. The zero-order chi connectivity index (χ0) is 20.5. The molecular weight excluding hydrogens is 383 g/mol. The van der Waals surface area contributed by atoms with Gasteiger partial charge in [-0.1, -0.05) is 18.2 Å². The summed E-state index contributed by atoms with van der Waals surface area (Å²) in [5, 5.41) is 6.55. The Morgan fingerprint density at radius 3 is 2.67 bits per heavy atom. The van der Waals surface area contributed by atoms with Gasteiger partial charge in [-0.15, -0.1) is 0 Å². The van der Waals surface area contributed by atoms with Crippen LogP contribution in [0.4, 0.5) is 15.9 Å². The van der Waals surface area contributed by atoms with Crippen LogP contribution in [0.1, 0.15) is 30.0 Å². The summed E-state index contributed by atoms with van der Waals surface area (Å²) >= 11 is 0. The Labute approximate surface area is 173 Å². The summed E-state index contributed by atoms with van der Waals surface area (Å²) in [6.45, 7) is 1.79. The second-order valence-corrected chi connectivity index (χ2v) is 7.81. The molecule has 2 aromatic carbocycles. The van der Waals surface area contributed by atoms with Crippen molar-refractivity contribution in [1.29, 1.82) is 0 Å². The summed E-state index contributed by atoms with van der Waals surface area (Å²) in [4.78, 5) is 16.8. The Morgan fingerprint density at radius 1 is 1.07 bits per heavy atom. The summed E-state index contributed by atoms with van der Waals surface area (Å²) in [7, 11) is 0. The normalized spacial score (nSPS) is 15.6. The zero-order valence-corrected chi connectivity index (χ0v) is 16.5. The molecule has 0 unspecified atom stereocenters. The number of hydrogen-bond donors (Lipinski definition) is 2. The van der Waals surface area contributed by atoms with E-state index >= 15 is 0 Å². The van der Waals surface area contributed by atoms with Crippen molar-refractivity contribution in [3.8, 4) is 11.5 Å². The van der Waals surface area contributed by atoms with E-state index in [2.05, 4.69) is 15.6 Å². The largest absolute Gasteiger partial charge is 0.450 e. The average Bonchev–Trinajstić information content (AvgIpc) is 2.76. The van der Waals surface area contributed by atoms with Gasteiger partial charge in [0.2, 0.25) is 0 Å². The summed E-state index contributed by atoms with van der Waals surface area (Å²) in [6, 6.07) is 12.8. The Hall–Kier alpha value is -3.19. The van der Waals surface area contributed by atoms with Gasteiger partial charge in [0.15, 0.2) is 17.3 Å². The van der Waals surface area contributed by atoms with E-state index in [-0.39, 0.29) is 17.5 Å². The summed E-state index contributed by atoms with van der Waals surface area (Å²) in [5.74, 6) is 1.49. The van der Waals surface area contributed by atoms with Crippen molar-refractivity contribution in [1.82, 2.24) is 14.9 Å². The number of halogens is 1. The Balaban J connectivity index is 1.35. The third-order valence-corrected chi connectivity index (χ3v) is 5.73. The number of aromatic nitrogens is 2. The average molecular weight is 406 g/mol. The van der Waals surface area contributed by atoms with Crippen LogP contribution >= 0.6 is 0 Å². The highest BCUT2D eigenvalue weighted by atomic mass is 19.1. The maximum absolute atomic E-state index is 13.4. The van der Waals surface area contributed by atoms with Crippen LogP contribution in [0.5, 0.6) is 11.5 Å². The minimum absolute atomic E-state index is 0.145. The number of benzene rings is 2. The quantitative estimate of drug-likeness (QED) is 0.537. The first kappa shape index (κ1) is 18.8. The fourth-order valence-corrected chi connectivity index (χ4v) is 4.11. The van der Waals surface area contributed by atoms with Crippen molar-refractivity contribution in [3.05, 3.63) is 76.1 Å². The van der Waals surface area contributed by atoms with Crippen molar-refractivity contribution in [2.45, 2.75) is 31.7 Å². The molecule has 0 atom stereocenters. The number of ether oxygens (including phenoxy) is 1. The van der Waals surface area contributed by atoms with Gasteiger partial charge in [0, 0.05) is 6.04 Å². The first-order valence-corrected chi connectivity index (χ1v) is 10.3. The highest BCUT2D eigenvalue weighted by Crippen LogP contribution is 2.41. The molecule has 1 fully saturated rings. The van der Waals surface area contributed by atoms with Crippen molar-refractivity contribution < 1.29 is 9.13 Å². The lowest BCUT2D eigenvalue weighted by molar-refractivity contribution is 0.350. The second kappa shape index (κ2) is 7.91. The lowest BCUT2D eigenvalue weighted by Gasteiger charge is -2.27. The van der Waals surface area contributed by atoms with Crippen LogP contribution in [-0.2, 0) is 12.8 Å². The molecule has 154 valence electrons. The van der Waals surface area contributed by atoms with Gasteiger partial charge in [-0.2, -0.15) is 4.98 Å². The molecule has 2 aliphatic rings. The van der Waals surface area contributed by atoms with Crippen molar-refractivity contribution >= 4 is 11.5 Å². The van der Waals surface area contributed by atoms with Crippen LogP contribution in [0, 0.1) is 5.82 Å². The summed E-state index contributed by atoms with van der Waals surface area (Å²) < 4.78 is 21.1. The molecular formula is C23H23FN4O2. The predicted molar refractivity (Wildman–Crippen MR) is 113 cm³/mol. The number of anilines is 2. The lowest BCUT2D eigenvalue weighted by Crippen LogP contribution is -2.35. The standard InChI is InChI=1S/C23H23FN4O2/c24-17-3-1-2-15(12-17)4-5-16-6-7-20-19(13-16)26-22-21(30-20)14-28(23(29)27-22)18-8-10-25-11-9-18/h1-3,6-7,12-14,18,25H,4-5,8-11H2,(H,26,27,29). The summed E-state index contributed by atoms with van der Waals surface area (Å²) in [6.07, 6.45) is 5.09. The lowest BCUT2D eigenvalue weighted by atomic mass is 10.0. The molecule has 3 heterocycles. The fraction of sp³-hybridized carbons (Fsp3) is 0.304. The van der Waals surface area contributed by atoms with Crippen LogP contribution in [0.15, 0.2) is 53.5 Å². The molecule has 0 radical (unpaired) electrons. The minimum atomic E-state index is -0.262. The number of fused-ring (bicyclic) bond motifs is 2. The second-order valence-electron chi connectivity index (χ2n) is 7.81. The van der Waals surface area contributed by atoms with Gasteiger partial charge in [0.25, 0.3) is 0 Å². The molecule has 0 saturated carbocycles. The predicted octanol–water partition coefficient (Wildman–Crippen LogP) is 3.94. The van der Waals surface area contributed by atoms with Gasteiger partial charge in [0.1, 0.15) is 5.82 Å². The van der Waals surface area contributed by atoms with Crippen molar-refractivity contribution in [3.63, 3.8) is 0 Å². The maximum Gasteiger partial charge on any atom is 0.350 e. The number of nitrogens with zero attached hydrogens (tertiary/aromatic N) is 2. The fourth-order valence-electron chi connectivity index (χ4n) is 4.11. The molecule has 7 heteroatoms. The molecule has 1 aromatic heterocycles. The zero-order valence-electron chi connectivity index (χ0n) is 16.5. The molecule has 2 N–H and O–H groups in total. The van der Waals surface area contributed by atoms with E-state index in [1.165, 1.54) is 6.07 Å². The van der Waals surface area contributed by atoms with Crippen LogP contribution in [0.25, 0.3) is 0 Å². The minimum Gasteiger partial charge on any atom is -0.450 e. The van der Waals surface area contributed by atoms with E-state index in [4.69, 9.17) is 4.74 Å². The molecule has 0 spiro atoms. The molecule has 0 amide bonds. The molecule has 0 aliphatic carbocycles. The van der Waals surface area contributed by atoms with E-state index in [0.717, 1.165) is 55.6 Å². The van der Waals surface area contributed by atoms with Crippen LogP contribution in [-0.4, -0.2) is 22.6 Å². The van der Waals surface area contributed by atoms with Gasteiger partial charge in [-0.25, -0.2) is 9.18 Å². The number of rotatable bonds is 4. The number of piperidine rings is 1. The number of nitrogens with one attached hydrogen (secondary N) is 2. The first-order chi connectivity index (χ1) is 14.7. The monoisotopic (exact) mass is 406 g/mol. The number of aryl methyl sites for hydroxylation is 2.